The van der Waals surface area contributed by atoms with Crippen molar-refractivity contribution in [3.05, 3.63) is 35.9 Å². The molecule has 2 atom stereocenters. The molecule has 1 amide bonds. The van der Waals surface area contributed by atoms with Crippen LogP contribution < -0.4 is 5.32 Å². The van der Waals surface area contributed by atoms with E-state index in [2.05, 4.69) is 31.0 Å². The number of carbonyl (C=O) groups excluding carboxylic acids is 1. The van der Waals surface area contributed by atoms with Gasteiger partial charge in [-0.1, -0.05) is 24.1 Å². The van der Waals surface area contributed by atoms with Gasteiger partial charge in [0, 0.05) is 36.7 Å². The highest BCUT2D eigenvalue weighted by atomic mass is 16.2. The standard InChI is InChI=1S/C17H20N2O/c1-17(2)15-11-18-10-14(15)12-19(17)16(20)9-8-13-6-4-3-5-7-13/h3-7,14-15,18H,10-12H2,1-2H3. The van der Waals surface area contributed by atoms with Gasteiger partial charge in [0.25, 0.3) is 5.91 Å². The lowest BCUT2D eigenvalue weighted by Crippen LogP contribution is -2.47. The number of fused-ring (bicyclic) bond motifs is 1. The molecular weight excluding hydrogens is 248 g/mol. The summed E-state index contributed by atoms with van der Waals surface area (Å²) >= 11 is 0. The Morgan fingerprint density at radius 3 is 2.75 bits per heavy atom. The molecule has 3 rings (SSSR count). The lowest BCUT2D eigenvalue weighted by Gasteiger charge is -2.34. The summed E-state index contributed by atoms with van der Waals surface area (Å²) in [5, 5.41) is 3.42. The molecule has 2 saturated heterocycles. The molecule has 0 aliphatic carbocycles. The van der Waals surface area contributed by atoms with Crippen LogP contribution in [0.2, 0.25) is 0 Å². The molecule has 2 aliphatic rings. The Morgan fingerprint density at radius 2 is 2.05 bits per heavy atom. The van der Waals surface area contributed by atoms with Crippen LogP contribution in [-0.4, -0.2) is 36.0 Å². The van der Waals surface area contributed by atoms with E-state index < -0.39 is 0 Å². The van der Waals surface area contributed by atoms with E-state index in [4.69, 9.17) is 0 Å². The Hall–Kier alpha value is -1.79. The molecule has 1 aromatic rings. The maximum Gasteiger partial charge on any atom is 0.299 e. The molecule has 3 nitrogen and oxygen atoms in total. The second-order valence-electron chi connectivity index (χ2n) is 6.21. The predicted molar refractivity (Wildman–Crippen MR) is 79.0 cm³/mol. The number of benzene rings is 1. The van der Waals surface area contributed by atoms with E-state index in [1.165, 1.54) is 0 Å². The molecule has 20 heavy (non-hydrogen) atoms. The van der Waals surface area contributed by atoms with Crippen molar-refractivity contribution in [3.8, 4) is 11.8 Å². The van der Waals surface area contributed by atoms with E-state index in [1.807, 2.05) is 35.2 Å². The van der Waals surface area contributed by atoms with Crippen LogP contribution in [0.4, 0.5) is 0 Å². The van der Waals surface area contributed by atoms with Crippen molar-refractivity contribution < 1.29 is 4.79 Å². The minimum Gasteiger partial charge on any atom is -0.326 e. The van der Waals surface area contributed by atoms with Gasteiger partial charge in [-0.15, -0.1) is 0 Å². The largest absolute Gasteiger partial charge is 0.326 e. The molecule has 0 saturated carbocycles. The third-order valence-corrected chi connectivity index (χ3v) is 4.69. The maximum absolute atomic E-state index is 12.4. The average Bonchev–Trinajstić information content (AvgIpc) is 3.00. The topological polar surface area (TPSA) is 32.3 Å². The minimum atomic E-state index is -0.101. The predicted octanol–water partition coefficient (Wildman–Crippen LogP) is 1.49. The summed E-state index contributed by atoms with van der Waals surface area (Å²) in [6, 6.07) is 9.67. The Balaban J connectivity index is 1.77. The molecule has 2 heterocycles. The monoisotopic (exact) mass is 268 g/mol. The van der Waals surface area contributed by atoms with Crippen molar-refractivity contribution in [2.75, 3.05) is 19.6 Å². The van der Waals surface area contributed by atoms with Crippen LogP contribution >= 0.6 is 0 Å². The second-order valence-corrected chi connectivity index (χ2v) is 6.21. The summed E-state index contributed by atoms with van der Waals surface area (Å²) in [7, 11) is 0. The van der Waals surface area contributed by atoms with Crippen LogP contribution in [0.15, 0.2) is 30.3 Å². The summed E-state index contributed by atoms with van der Waals surface area (Å²) in [5.74, 6) is 6.85. The first-order valence-corrected chi connectivity index (χ1v) is 7.18. The molecular formula is C17H20N2O. The third-order valence-electron chi connectivity index (χ3n) is 4.69. The normalized spacial score (nSPS) is 26.8. The number of likely N-dealkylation sites (tertiary alicyclic amines) is 1. The first-order valence-electron chi connectivity index (χ1n) is 7.18. The van der Waals surface area contributed by atoms with E-state index >= 15 is 0 Å². The van der Waals surface area contributed by atoms with Crippen molar-refractivity contribution in [1.82, 2.24) is 10.2 Å². The van der Waals surface area contributed by atoms with Crippen molar-refractivity contribution in [3.63, 3.8) is 0 Å². The van der Waals surface area contributed by atoms with E-state index in [0.29, 0.717) is 11.8 Å². The van der Waals surface area contributed by atoms with Crippen LogP contribution in [0.25, 0.3) is 0 Å². The molecule has 2 aliphatic heterocycles. The molecule has 1 aromatic carbocycles. The smallest absolute Gasteiger partial charge is 0.299 e. The first-order chi connectivity index (χ1) is 9.59. The van der Waals surface area contributed by atoms with Crippen molar-refractivity contribution in [1.29, 1.82) is 0 Å². The summed E-state index contributed by atoms with van der Waals surface area (Å²) in [5.41, 5.74) is 0.788. The molecule has 3 heteroatoms. The fourth-order valence-electron chi connectivity index (χ4n) is 3.48. The van der Waals surface area contributed by atoms with Gasteiger partial charge in [0.15, 0.2) is 0 Å². The van der Waals surface area contributed by atoms with Gasteiger partial charge in [-0.25, -0.2) is 0 Å². The first kappa shape index (κ1) is 13.2. The van der Waals surface area contributed by atoms with Gasteiger partial charge in [0.2, 0.25) is 0 Å². The molecule has 1 N–H and O–H groups in total. The summed E-state index contributed by atoms with van der Waals surface area (Å²) < 4.78 is 0. The highest BCUT2D eigenvalue weighted by Crippen LogP contribution is 2.40. The van der Waals surface area contributed by atoms with E-state index in [9.17, 15) is 4.79 Å². The van der Waals surface area contributed by atoms with Crippen LogP contribution in [-0.2, 0) is 4.79 Å². The SMILES string of the molecule is CC1(C)C2CNCC2CN1C(=O)C#Cc1ccccc1. The summed E-state index contributed by atoms with van der Waals surface area (Å²) in [6.45, 7) is 7.17. The lowest BCUT2D eigenvalue weighted by molar-refractivity contribution is -0.128. The van der Waals surface area contributed by atoms with Crippen LogP contribution in [0, 0.1) is 23.7 Å². The van der Waals surface area contributed by atoms with Crippen molar-refractivity contribution >= 4 is 5.91 Å². The maximum atomic E-state index is 12.4. The lowest BCUT2D eigenvalue weighted by atomic mass is 9.85. The number of rotatable bonds is 0. The average molecular weight is 268 g/mol. The van der Waals surface area contributed by atoms with E-state index in [-0.39, 0.29) is 11.4 Å². The molecule has 104 valence electrons. The van der Waals surface area contributed by atoms with Gasteiger partial charge in [-0.05, 0) is 37.8 Å². The molecule has 0 radical (unpaired) electrons. The van der Waals surface area contributed by atoms with Gasteiger partial charge in [-0.3, -0.25) is 4.79 Å². The molecule has 0 aromatic heterocycles. The van der Waals surface area contributed by atoms with Gasteiger partial charge >= 0.3 is 0 Å². The highest BCUT2D eigenvalue weighted by molar-refractivity contribution is 5.95. The number of carbonyl (C=O) groups is 1. The van der Waals surface area contributed by atoms with Crippen molar-refractivity contribution in [2.45, 2.75) is 19.4 Å². The zero-order chi connectivity index (χ0) is 14.2. The zero-order valence-electron chi connectivity index (χ0n) is 12.0. The zero-order valence-corrected chi connectivity index (χ0v) is 12.0. The fourth-order valence-corrected chi connectivity index (χ4v) is 3.48. The van der Waals surface area contributed by atoms with Crippen molar-refractivity contribution in [2.24, 2.45) is 11.8 Å². The fraction of sp³-hybridized carbons (Fsp3) is 0.471. The van der Waals surface area contributed by atoms with Gasteiger partial charge < -0.3 is 10.2 Å². The summed E-state index contributed by atoms with van der Waals surface area (Å²) in [6.07, 6.45) is 0. The number of nitrogens with zero attached hydrogens (tertiary/aromatic N) is 1. The Morgan fingerprint density at radius 1 is 1.30 bits per heavy atom. The van der Waals surface area contributed by atoms with Gasteiger partial charge in [0.05, 0.1) is 0 Å². The van der Waals surface area contributed by atoms with Crippen LogP contribution in [0.1, 0.15) is 19.4 Å². The van der Waals surface area contributed by atoms with Crippen LogP contribution in [0.5, 0.6) is 0 Å². The van der Waals surface area contributed by atoms with E-state index in [0.717, 1.165) is 25.2 Å². The Bertz CT molecular complexity index is 568. The Kier molecular flexibility index (Phi) is 3.27. The number of hydrogen-bond donors (Lipinski definition) is 1. The number of amides is 1. The molecule has 0 spiro atoms. The summed E-state index contributed by atoms with van der Waals surface area (Å²) in [4.78, 5) is 14.4. The number of hydrogen-bond acceptors (Lipinski definition) is 2. The molecule has 2 fully saturated rings. The quantitative estimate of drug-likeness (QED) is 0.723. The van der Waals surface area contributed by atoms with Gasteiger partial charge in [0.1, 0.15) is 0 Å². The Labute approximate surface area is 120 Å². The molecule has 2 unspecified atom stereocenters. The third kappa shape index (κ3) is 2.21. The second kappa shape index (κ2) is 4.96. The molecule has 0 bridgehead atoms. The van der Waals surface area contributed by atoms with Crippen LogP contribution in [0.3, 0.4) is 0 Å². The van der Waals surface area contributed by atoms with E-state index in [1.54, 1.807) is 0 Å². The number of nitrogens with one attached hydrogen (secondary N) is 1. The van der Waals surface area contributed by atoms with Gasteiger partial charge in [-0.2, -0.15) is 0 Å². The highest BCUT2D eigenvalue weighted by Gasteiger charge is 2.50. The minimum absolute atomic E-state index is 0.0479.